The molecule has 0 heterocycles. The number of methoxy groups -OCH3 is 1. The standard InChI is InChI=1S/C8H18N2O2/c1-4-12-7(2)8(9)10-5-6-11-3/h7H,4-6H2,1-3H3,(H2,9,10). The van der Waals surface area contributed by atoms with E-state index >= 15 is 0 Å². The SMILES string of the molecule is CCOC(C)C(N)=NCCOC. The quantitative estimate of drug-likeness (QED) is 0.360. The molecule has 0 saturated heterocycles. The number of rotatable bonds is 6. The molecule has 0 aliphatic rings. The molecule has 0 aliphatic carbocycles. The van der Waals surface area contributed by atoms with Crippen molar-refractivity contribution < 1.29 is 9.47 Å². The van der Waals surface area contributed by atoms with E-state index in [1.807, 2.05) is 13.8 Å². The van der Waals surface area contributed by atoms with Crippen molar-refractivity contribution >= 4 is 5.84 Å². The first kappa shape index (κ1) is 11.4. The van der Waals surface area contributed by atoms with E-state index in [2.05, 4.69) is 4.99 Å². The van der Waals surface area contributed by atoms with Gasteiger partial charge >= 0.3 is 0 Å². The van der Waals surface area contributed by atoms with Crippen LogP contribution in [0.1, 0.15) is 13.8 Å². The van der Waals surface area contributed by atoms with E-state index in [-0.39, 0.29) is 6.10 Å². The molecule has 0 rings (SSSR count). The maximum atomic E-state index is 5.61. The van der Waals surface area contributed by atoms with Crippen LogP contribution in [0.3, 0.4) is 0 Å². The fourth-order valence-corrected chi connectivity index (χ4v) is 0.730. The van der Waals surface area contributed by atoms with Gasteiger partial charge in [0.05, 0.1) is 13.2 Å². The third-order valence-corrected chi connectivity index (χ3v) is 1.42. The maximum absolute atomic E-state index is 5.61. The van der Waals surface area contributed by atoms with Crippen LogP contribution < -0.4 is 5.73 Å². The number of aliphatic imine (C=N–C) groups is 1. The molecule has 0 spiro atoms. The molecular weight excluding hydrogens is 156 g/mol. The first-order valence-electron chi connectivity index (χ1n) is 4.12. The molecule has 1 atom stereocenters. The van der Waals surface area contributed by atoms with Crippen LogP contribution in [0.25, 0.3) is 0 Å². The lowest BCUT2D eigenvalue weighted by atomic mass is 10.4. The highest BCUT2D eigenvalue weighted by Crippen LogP contribution is 1.90. The molecule has 1 unspecified atom stereocenters. The summed E-state index contributed by atoms with van der Waals surface area (Å²) in [6.45, 7) is 5.66. The van der Waals surface area contributed by atoms with Crippen molar-refractivity contribution in [2.75, 3.05) is 26.9 Å². The van der Waals surface area contributed by atoms with Crippen LogP contribution in [0, 0.1) is 0 Å². The van der Waals surface area contributed by atoms with E-state index in [1.165, 1.54) is 0 Å². The molecule has 4 nitrogen and oxygen atoms in total. The Kier molecular flexibility index (Phi) is 6.70. The van der Waals surface area contributed by atoms with Crippen LogP contribution in [-0.2, 0) is 9.47 Å². The number of nitrogens with two attached hydrogens (primary N) is 1. The summed E-state index contributed by atoms with van der Waals surface area (Å²) >= 11 is 0. The number of amidine groups is 1. The molecule has 0 saturated carbocycles. The molecule has 0 radical (unpaired) electrons. The topological polar surface area (TPSA) is 56.8 Å². The van der Waals surface area contributed by atoms with E-state index in [1.54, 1.807) is 7.11 Å². The third kappa shape index (κ3) is 5.09. The molecule has 0 bridgehead atoms. The smallest absolute Gasteiger partial charge is 0.123 e. The van der Waals surface area contributed by atoms with Gasteiger partial charge in [-0.25, -0.2) is 0 Å². The van der Waals surface area contributed by atoms with Crippen LogP contribution in [-0.4, -0.2) is 38.8 Å². The minimum atomic E-state index is -0.0909. The van der Waals surface area contributed by atoms with Gasteiger partial charge in [0.2, 0.25) is 0 Å². The van der Waals surface area contributed by atoms with Gasteiger partial charge in [0, 0.05) is 13.7 Å². The zero-order valence-corrected chi connectivity index (χ0v) is 8.04. The minimum Gasteiger partial charge on any atom is -0.385 e. The van der Waals surface area contributed by atoms with E-state index < -0.39 is 0 Å². The summed E-state index contributed by atoms with van der Waals surface area (Å²) in [5, 5.41) is 0. The molecule has 2 N–H and O–H groups in total. The van der Waals surface area contributed by atoms with E-state index in [4.69, 9.17) is 15.2 Å². The van der Waals surface area contributed by atoms with Crippen molar-refractivity contribution in [3.05, 3.63) is 0 Å². The van der Waals surface area contributed by atoms with Crippen molar-refractivity contribution in [1.82, 2.24) is 0 Å². The Bertz CT molecular complexity index is 137. The number of hydrogen-bond acceptors (Lipinski definition) is 3. The second kappa shape index (κ2) is 7.06. The Morgan fingerprint density at radius 3 is 2.75 bits per heavy atom. The molecule has 72 valence electrons. The van der Waals surface area contributed by atoms with Gasteiger partial charge in [-0.15, -0.1) is 0 Å². The van der Waals surface area contributed by atoms with Gasteiger partial charge in [-0.05, 0) is 13.8 Å². The second-order valence-electron chi connectivity index (χ2n) is 2.40. The maximum Gasteiger partial charge on any atom is 0.123 e. The van der Waals surface area contributed by atoms with Gasteiger partial charge in [-0.1, -0.05) is 0 Å². The van der Waals surface area contributed by atoms with Crippen molar-refractivity contribution in [3.63, 3.8) is 0 Å². The highest BCUT2D eigenvalue weighted by atomic mass is 16.5. The van der Waals surface area contributed by atoms with Gasteiger partial charge in [-0.3, -0.25) is 4.99 Å². The second-order valence-corrected chi connectivity index (χ2v) is 2.40. The Hall–Kier alpha value is -0.610. The Balaban J connectivity index is 3.65. The average molecular weight is 174 g/mol. The number of ether oxygens (including phenoxy) is 2. The normalized spacial score (nSPS) is 14.8. The molecule has 0 aliphatic heterocycles. The average Bonchev–Trinajstić information content (AvgIpc) is 2.05. The lowest BCUT2D eigenvalue weighted by molar-refractivity contribution is 0.121. The van der Waals surface area contributed by atoms with Gasteiger partial charge in [-0.2, -0.15) is 0 Å². The molecular formula is C8H18N2O2. The summed E-state index contributed by atoms with van der Waals surface area (Å²) in [5.74, 6) is 0.536. The van der Waals surface area contributed by atoms with Crippen LogP contribution in [0.4, 0.5) is 0 Å². The number of hydrogen-bond donors (Lipinski definition) is 1. The van der Waals surface area contributed by atoms with Crippen LogP contribution in [0.15, 0.2) is 4.99 Å². The molecule has 4 heteroatoms. The largest absolute Gasteiger partial charge is 0.385 e. The Morgan fingerprint density at radius 2 is 2.25 bits per heavy atom. The summed E-state index contributed by atoms with van der Waals surface area (Å²) in [4.78, 5) is 4.08. The van der Waals surface area contributed by atoms with Crippen molar-refractivity contribution in [1.29, 1.82) is 0 Å². The third-order valence-electron chi connectivity index (χ3n) is 1.42. The zero-order valence-electron chi connectivity index (χ0n) is 8.04. The van der Waals surface area contributed by atoms with Crippen LogP contribution in [0.2, 0.25) is 0 Å². The van der Waals surface area contributed by atoms with Crippen LogP contribution in [0.5, 0.6) is 0 Å². The van der Waals surface area contributed by atoms with E-state index in [0.29, 0.717) is 25.6 Å². The predicted molar refractivity (Wildman–Crippen MR) is 49.5 cm³/mol. The number of nitrogens with zero attached hydrogens (tertiary/aromatic N) is 1. The predicted octanol–water partition coefficient (Wildman–Crippen LogP) is 0.415. The first-order valence-corrected chi connectivity index (χ1v) is 4.12. The van der Waals surface area contributed by atoms with Crippen molar-refractivity contribution in [2.24, 2.45) is 10.7 Å². The van der Waals surface area contributed by atoms with Gasteiger partial charge in [0.15, 0.2) is 0 Å². The first-order chi connectivity index (χ1) is 5.72. The van der Waals surface area contributed by atoms with E-state index in [9.17, 15) is 0 Å². The Morgan fingerprint density at radius 1 is 1.58 bits per heavy atom. The summed E-state index contributed by atoms with van der Waals surface area (Å²) in [6, 6.07) is 0. The molecule has 0 aromatic carbocycles. The molecule has 12 heavy (non-hydrogen) atoms. The van der Waals surface area contributed by atoms with Gasteiger partial charge in [0.1, 0.15) is 11.9 Å². The summed E-state index contributed by atoms with van der Waals surface area (Å²) < 4.78 is 10.1. The molecule has 0 aromatic rings. The lowest BCUT2D eigenvalue weighted by Crippen LogP contribution is -2.29. The fourth-order valence-electron chi connectivity index (χ4n) is 0.730. The van der Waals surface area contributed by atoms with Crippen LogP contribution >= 0.6 is 0 Å². The highest BCUT2D eigenvalue weighted by molar-refractivity contribution is 5.84. The van der Waals surface area contributed by atoms with Gasteiger partial charge in [0.25, 0.3) is 0 Å². The molecule has 0 amide bonds. The molecule has 0 aromatic heterocycles. The fraction of sp³-hybridized carbons (Fsp3) is 0.875. The van der Waals surface area contributed by atoms with Crippen molar-refractivity contribution in [2.45, 2.75) is 20.0 Å². The zero-order chi connectivity index (χ0) is 9.40. The highest BCUT2D eigenvalue weighted by Gasteiger charge is 2.04. The van der Waals surface area contributed by atoms with Gasteiger partial charge < -0.3 is 15.2 Å². The summed E-state index contributed by atoms with van der Waals surface area (Å²) in [5.41, 5.74) is 5.61. The molecule has 0 fully saturated rings. The summed E-state index contributed by atoms with van der Waals surface area (Å²) in [7, 11) is 1.64. The minimum absolute atomic E-state index is 0.0909. The monoisotopic (exact) mass is 174 g/mol. The van der Waals surface area contributed by atoms with E-state index in [0.717, 1.165) is 0 Å². The summed E-state index contributed by atoms with van der Waals surface area (Å²) in [6.07, 6.45) is -0.0909. The Labute approximate surface area is 73.8 Å². The lowest BCUT2D eigenvalue weighted by Gasteiger charge is -2.10. The van der Waals surface area contributed by atoms with Crippen molar-refractivity contribution in [3.8, 4) is 0 Å².